The summed E-state index contributed by atoms with van der Waals surface area (Å²) in [6.07, 6.45) is 17.5. The zero-order chi connectivity index (χ0) is 30.7. The van der Waals surface area contributed by atoms with Crippen LogP contribution in [0.5, 0.6) is 0 Å². The van der Waals surface area contributed by atoms with Gasteiger partial charge in [-0.2, -0.15) is 0 Å². The molecule has 0 saturated heterocycles. The van der Waals surface area contributed by atoms with Gasteiger partial charge in [-0.25, -0.2) is 0 Å². The van der Waals surface area contributed by atoms with Gasteiger partial charge in [-0.1, -0.05) is 69.4 Å². The second-order valence-electron chi connectivity index (χ2n) is 14.7. The zero-order valence-electron chi connectivity index (χ0n) is 26.9. The molecule has 0 radical (unpaired) electrons. The molecule has 4 aliphatic rings. The van der Waals surface area contributed by atoms with Crippen molar-refractivity contribution >= 4 is 17.5 Å². The average Bonchev–Trinajstić information content (AvgIpc) is 2.96. The number of amides is 1. The standard InChI is InChI=1S/C37H59N3O3/c1-2-3-4-5-9-14-33(41)27-40(36(43)25-37-22-29-18-30(23-37)20-31(19-29)24-37)26-32(17-28-12-7-6-8-13-28)21-35(42)34(39)15-10-11-16-38/h6-8,12-13,29-32,34H,2-5,9-11,14-27,38-39H2,1H3/t29?,30?,31?,32-,34+,37?/m1/s1. The van der Waals surface area contributed by atoms with Crippen molar-refractivity contribution in [1.29, 1.82) is 0 Å². The van der Waals surface area contributed by atoms with E-state index in [0.717, 1.165) is 55.4 Å². The number of carbonyl (C=O) groups is 3. The van der Waals surface area contributed by atoms with Gasteiger partial charge in [-0.3, -0.25) is 14.4 Å². The molecule has 0 aromatic heterocycles. The monoisotopic (exact) mass is 593 g/mol. The molecule has 4 fully saturated rings. The molecule has 4 bridgehead atoms. The molecule has 6 heteroatoms. The topological polar surface area (TPSA) is 106 Å². The van der Waals surface area contributed by atoms with Crippen LogP contribution in [-0.2, 0) is 20.8 Å². The molecule has 0 heterocycles. The zero-order valence-corrected chi connectivity index (χ0v) is 26.9. The molecule has 240 valence electrons. The Morgan fingerprint density at radius 2 is 1.56 bits per heavy atom. The Kier molecular flexibility index (Phi) is 13.3. The van der Waals surface area contributed by atoms with Gasteiger partial charge >= 0.3 is 0 Å². The van der Waals surface area contributed by atoms with Gasteiger partial charge in [-0.05, 0) is 105 Å². The van der Waals surface area contributed by atoms with Crippen molar-refractivity contribution in [3.8, 4) is 0 Å². The van der Waals surface area contributed by atoms with Gasteiger partial charge < -0.3 is 16.4 Å². The van der Waals surface area contributed by atoms with Crippen LogP contribution in [0.15, 0.2) is 30.3 Å². The van der Waals surface area contributed by atoms with Crippen LogP contribution in [0.3, 0.4) is 0 Å². The number of hydrogen-bond donors (Lipinski definition) is 2. The summed E-state index contributed by atoms with van der Waals surface area (Å²) in [5.41, 5.74) is 13.2. The van der Waals surface area contributed by atoms with Gasteiger partial charge in [0.1, 0.15) is 5.78 Å². The first-order valence-corrected chi connectivity index (χ1v) is 17.6. The molecule has 4 N–H and O–H groups in total. The molecule has 6 nitrogen and oxygen atoms in total. The Morgan fingerprint density at radius 3 is 2.19 bits per heavy atom. The highest BCUT2D eigenvalue weighted by atomic mass is 16.2. The van der Waals surface area contributed by atoms with Crippen LogP contribution in [0.1, 0.15) is 122 Å². The fourth-order valence-electron chi connectivity index (χ4n) is 8.98. The molecule has 1 aromatic carbocycles. The van der Waals surface area contributed by atoms with E-state index < -0.39 is 6.04 Å². The normalized spacial score (nSPS) is 25.4. The number of ketones is 2. The Bertz CT molecular complexity index is 990. The molecule has 1 aromatic rings. The molecule has 4 saturated carbocycles. The number of carbonyl (C=O) groups excluding carboxylic acids is 3. The molecule has 43 heavy (non-hydrogen) atoms. The van der Waals surface area contributed by atoms with Gasteiger partial charge in [0, 0.05) is 25.8 Å². The Hall–Kier alpha value is -2.05. The Balaban J connectivity index is 1.47. The predicted octanol–water partition coefficient (Wildman–Crippen LogP) is 6.63. The first-order valence-electron chi connectivity index (χ1n) is 17.6. The van der Waals surface area contributed by atoms with Crippen LogP contribution in [0.4, 0.5) is 0 Å². The van der Waals surface area contributed by atoms with E-state index in [1.807, 2.05) is 23.1 Å². The lowest BCUT2D eigenvalue weighted by atomic mass is 9.49. The lowest BCUT2D eigenvalue weighted by molar-refractivity contribution is -0.143. The van der Waals surface area contributed by atoms with Crippen molar-refractivity contribution < 1.29 is 14.4 Å². The molecule has 0 spiro atoms. The Labute approximate surface area is 261 Å². The van der Waals surface area contributed by atoms with Crippen molar-refractivity contribution in [3.63, 3.8) is 0 Å². The van der Waals surface area contributed by atoms with Gasteiger partial charge in [-0.15, -0.1) is 0 Å². The van der Waals surface area contributed by atoms with Crippen LogP contribution in [-0.4, -0.2) is 48.0 Å². The lowest BCUT2D eigenvalue weighted by Gasteiger charge is -2.57. The maximum atomic E-state index is 14.2. The summed E-state index contributed by atoms with van der Waals surface area (Å²) < 4.78 is 0. The Morgan fingerprint density at radius 1 is 0.907 bits per heavy atom. The minimum atomic E-state index is -0.509. The highest BCUT2D eigenvalue weighted by Crippen LogP contribution is 2.61. The second-order valence-corrected chi connectivity index (χ2v) is 14.7. The molecule has 0 unspecified atom stereocenters. The molecular weight excluding hydrogens is 534 g/mol. The third kappa shape index (κ3) is 10.5. The summed E-state index contributed by atoms with van der Waals surface area (Å²) in [6.45, 7) is 3.40. The van der Waals surface area contributed by atoms with E-state index in [4.69, 9.17) is 11.5 Å². The molecular formula is C37H59N3O3. The minimum Gasteiger partial charge on any atom is -0.335 e. The second kappa shape index (κ2) is 16.9. The van der Waals surface area contributed by atoms with E-state index >= 15 is 0 Å². The van der Waals surface area contributed by atoms with Crippen LogP contribution in [0.25, 0.3) is 0 Å². The van der Waals surface area contributed by atoms with Gasteiger partial charge in [0.2, 0.25) is 5.91 Å². The van der Waals surface area contributed by atoms with E-state index in [1.165, 1.54) is 51.4 Å². The summed E-state index contributed by atoms with van der Waals surface area (Å²) >= 11 is 0. The molecule has 5 rings (SSSR count). The van der Waals surface area contributed by atoms with E-state index in [9.17, 15) is 14.4 Å². The SMILES string of the molecule is CCCCCCCC(=O)CN(C[C@@H](CC(=O)[C@@H](N)CCCCN)Cc1ccccc1)C(=O)CC12CC3CC(CC(C3)C1)C2. The van der Waals surface area contributed by atoms with E-state index in [1.54, 1.807) is 0 Å². The van der Waals surface area contributed by atoms with Gasteiger partial charge in [0.05, 0.1) is 12.6 Å². The van der Waals surface area contributed by atoms with Crippen molar-refractivity contribution in [2.24, 2.45) is 40.6 Å². The summed E-state index contributed by atoms with van der Waals surface area (Å²) in [4.78, 5) is 42.7. The number of nitrogens with two attached hydrogens (primary N) is 2. The summed E-state index contributed by atoms with van der Waals surface area (Å²) in [5.74, 6) is 2.59. The quantitative estimate of drug-likeness (QED) is 0.156. The fraction of sp³-hybridized carbons (Fsp3) is 0.757. The molecule has 0 aliphatic heterocycles. The highest BCUT2D eigenvalue weighted by Gasteiger charge is 2.51. The summed E-state index contributed by atoms with van der Waals surface area (Å²) in [5, 5.41) is 0. The number of unbranched alkanes of at least 4 members (excludes halogenated alkanes) is 5. The van der Waals surface area contributed by atoms with E-state index in [-0.39, 0.29) is 35.4 Å². The number of hydrogen-bond acceptors (Lipinski definition) is 5. The van der Waals surface area contributed by atoms with Crippen molar-refractivity contribution in [1.82, 2.24) is 4.90 Å². The molecule has 1 amide bonds. The van der Waals surface area contributed by atoms with Gasteiger partial charge in [0.15, 0.2) is 5.78 Å². The highest BCUT2D eigenvalue weighted by molar-refractivity contribution is 5.87. The van der Waals surface area contributed by atoms with Crippen molar-refractivity contribution in [3.05, 3.63) is 35.9 Å². The first kappa shape index (κ1) is 33.8. The number of benzene rings is 1. The number of nitrogens with zero attached hydrogens (tertiary/aromatic N) is 1. The van der Waals surface area contributed by atoms with E-state index in [2.05, 4.69) is 19.1 Å². The third-order valence-electron chi connectivity index (χ3n) is 10.7. The largest absolute Gasteiger partial charge is 0.335 e. The summed E-state index contributed by atoms with van der Waals surface area (Å²) in [7, 11) is 0. The predicted molar refractivity (Wildman–Crippen MR) is 174 cm³/mol. The third-order valence-corrected chi connectivity index (χ3v) is 10.7. The van der Waals surface area contributed by atoms with Crippen LogP contribution >= 0.6 is 0 Å². The van der Waals surface area contributed by atoms with Crippen LogP contribution < -0.4 is 11.5 Å². The van der Waals surface area contributed by atoms with Gasteiger partial charge in [0.25, 0.3) is 0 Å². The molecule has 4 aliphatic carbocycles. The first-order chi connectivity index (χ1) is 20.8. The summed E-state index contributed by atoms with van der Waals surface area (Å²) in [6, 6.07) is 9.70. The van der Waals surface area contributed by atoms with Crippen molar-refractivity contribution in [2.45, 2.75) is 129 Å². The van der Waals surface area contributed by atoms with E-state index in [0.29, 0.717) is 45.2 Å². The number of rotatable bonds is 21. The fourth-order valence-corrected chi connectivity index (χ4v) is 8.98. The lowest BCUT2D eigenvalue weighted by Crippen LogP contribution is -2.49. The van der Waals surface area contributed by atoms with Crippen LogP contribution in [0, 0.1) is 29.1 Å². The van der Waals surface area contributed by atoms with Crippen LogP contribution in [0.2, 0.25) is 0 Å². The smallest absolute Gasteiger partial charge is 0.223 e. The maximum absolute atomic E-state index is 14.2. The average molecular weight is 594 g/mol. The maximum Gasteiger partial charge on any atom is 0.223 e. The molecule has 2 atom stereocenters. The minimum absolute atomic E-state index is 0.0497. The van der Waals surface area contributed by atoms with Crippen molar-refractivity contribution in [2.75, 3.05) is 19.6 Å². The number of Topliss-reactive ketones (excluding diaryl/α,β-unsaturated/α-hetero) is 2.